The molecule has 2 rings (SSSR count). The number of sulfonamides is 1. The van der Waals surface area contributed by atoms with E-state index in [2.05, 4.69) is 36.6 Å². The summed E-state index contributed by atoms with van der Waals surface area (Å²) in [6, 6.07) is 8.91. The van der Waals surface area contributed by atoms with Crippen molar-refractivity contribution < 1.29 is 12.8 Å². The molecule has 0 bridgehead atoms. The molecule has 2 aromatic carbocycles. The van der Waals surface area contributed by atoms with E-state index in [4.69, 9.17) is 0 Å². The minimum absolute atomic E-state index is 0.00971. The standard InChI is InChI=1S/C14H12Br2FNO2S/c1-9-6-12(3-5-13(9)15)21(19,20)18-8-10-7-11(17)2-4-14(10)16/h2-7,18H,8H2,1H3. The number of benzene rings is 2. The molecule has 1 N–H and O–H groups in total. The zero-order chi connectivity index (χ0) is 15.6. The zero-order valence-corrected chi connectivity index (χ0v) is 15.0. The normalized spacial score (nSPS) is 11.6. The van der Waals surface area contributed by atoms with Crippen LogP contribution in [0.15, 0.2) is 50.2 Å². The molecule has 0 unspecified atom stereocenters. The van der Waals surface area contributed by atoms with Crippen LogP contribution >= 0.6 is 31.9 Å². The van der Waals surface area contributed by atoms with Gasteiger partial charge in [-0.3, -0.25) is 0 Å². The van der Waals surface area contributed by atoms with E-state index in [1.165, 1.54) is 18.2 Å². The highest BCUT2D eigenvalue weighted by molar-refractivity contribution is 9.10. The first-order chi connectivity index (χ1) is 9.79. The van der Waals surface area contributed by atoms with Crippen LogP contribution in [0, 0.1) is 12.7 Å². The summed E-state index contributed by atoms with van der Waals surface area (Å²) in [5.41, 5.74) is 1.36. The van der Waals surface area contributed by atoms with Crippen LogP contribution in [0.3, 0.4) is 0 Å². The molecule has 0 fully saturated rings. The molecule has 0 saturated heterocycles. The van der Waals surface area contributed by atoms with Gasteiger partial charge >= 0.3 is 0 Å². The van der Waals surface area contributed by atoms with Crippen LogP contribution in [-0.4, -0.2) is 8.42 Å². The molecule has 0 aromatic heterocycles. The molecular formula is C14H12Br2FNO2S. The number of nitrogens with one attached hydrogen (secondary N) is 1. The van der Waals surface area contributed by atoms with Gasteiger partial charge in [0.05, 0.1) is 4.90 Å². The van der Waals surface area contributed by atoms with Gasteiger partial charge in [0.2, 0.25) is 10.0 Å². The minimum Gasteiger partial charge on any atom is -0.207 e. The van der Waals surface area contributed by atoms with E-state index in [1.54, 1.807) is 18.2 Å². The maximum absolute atomic E-state index is 13.2. The molecule has 7 heteroatoms. The van der Waals surface area contributed by atoms with Crippen molar-refractivity contribution in [1.82, 2.24) is 4.72 Å². The lowest BCUT2D eigenvalue weighted by Gasteiger charge is -2.09. The van der Waals surface area contributed by atoms with Crippen LogP contribution in [0.5, 0.6) is 0 Å². The molecule has 3 nitrogen and oxygen atoms in total. The third-order valence-electron chi connectivity index (χ3n) is 2.90. The predicted octanol–water partition coefficient (Wildman–Crippen LogP) is 4.14. The number of halogens is 3. The van der Waals surface area contributed by atoms with Crippen molar-refractivity contribution in [2.75, 3.05) is 0 Å². The maximum Gasteiger partial charge on any atom is 0.240 e. The van der Waals surface area contributed by atoms with E-state index in [-0.39, 0.29) is 11.4 Å². The van der Waals surface area contributed by atoms with Gasteiger partial charge in [-0.25, -0.2) is 17.5 Å². The predicted molar refractivity (Wildman–Crippen MR) is 87.0 cm³/mol. The summed E-state index contributed by atoms with van der Waals surface area (Å²) in [6.45, 7) is 1.82. The third kappa shape index (κ3) is 4.12. The van der Waals surface area contributed by atoms with Crippen LogP contribution in [0.25, 0.3) is 0 Å². The summed E-state index contributed by atoms with van der Waals surface area (Å²) in [5, 5.41) is 0. The summed E-state index contributed by atoms with van der Waals surface area (Å²) >= 11 is 6.59. The lowest BCUT2D eigenvalue weighted by molar-refractivity contribution is 0.580. The Morgan fingerprint density at radius 3 is 2.43 bits per heavy atom. The fourth-order valence-corrected chi connectivity index (χ4v) is 3.44. The average molecular weight is 437 g/mol. The summed E-state index contributed by atoms with van der Waals surface area (Å²) in [5.74, 6) is -0.410. The van der Waals surface area contributed by atoms with Gasteiger partial charge in [-0.05, 0) is 54.4 Å². The highest BCUT2D eigenvalue weighted by Crippen LogP contribution is 2.21. The second kappa shape index (κ2) is 6.56. The molecule has 0 aliphatic rings. The number of aryl methyl sites for hydroxylation is 1. The summed E-state index contributed by atoms with van der Waals surface area (Å²) in [7, 11) is -3.64. The molecule has 0 aliphatic heterocycles. The van der Waals surface area contributed by atoms with Crippen LogP contribution in [0.4, 0.5) is 4.39 Å². The van der Waals surface area contributed by atoms with Gasteiger partial charge in [-0.1, -0.05) is 31.9 Å². The monoisotopic (exact) mass is 435 g/mol. The highest BCUT2D eigenvalue weighted by Gasteiger charge is 2.15. The lowest BCUT2D eigenvalue weighted by Crippen LogP contribution is -2.23. The SMILES string of the molecule is Cc1cc(S(=O)(=O)NCc2cc(F)ccc2Br)ccc1Br. The molecule has 112 valence electrons. The first kappa shape index (κ1) is 16.6. The van der Waals surface area contributed by atoms with Gasteiger partial charge in [0, 0.05) is 15.5 Å². The van der Waals surface area contributed by atoms with Gasteiger partial charge in [-0.15, -0.1) is 0 Å². The van der Waals surface area contributed by atoms with Crippen molar-refractivity contribution in [3.05, 3.63) is 62.3 Å². The zero-order valence-electron chi connectivity index (χ0n) is 11.0. The summed E-state index contributed by atoms with van der Waals surface area (Å²) in [4.78, 5) is 0.177. The molecule has 0 saturated carbocycles. The molecule has 0 amide bonds. The van der Waals surface area contributed by atoms with Crippen LogP contribution < -0.4 is 4.72 Å². The minimum atomic E-state index is -3.64. The second-order valence-corrected chi connectivity index (χ2v) is 7.95. The third-order valence-corrected chi connectivity index (χ3v) is 5.96. The van der Waals surface area contributed by atoms with E-state index >= 15 is 0 Å². The fourth-order valence-electron chi connectivity index (χ4n) is 1.72. The van der Waals surface area contributed by atoms with Crippen molar-refractivity contribution in [2.45, 2.75) is 18.4 Å². The number of rotatable bonds is 4. The Balaban J connectivity index is 2.21. The maximum atomic E-state index is 13.2. The van der Waals surface area contributed by atoms with Crippen molar-refractivity contribution in [3.8, 4) is 0 Å². The topological polar surface area (TPSA) is 46.2 Å². The molecule has 0 atom stereocenters. The Morgan fingerprint density at radius 1 is 1.10 bits per heavy atom. The smallest absolute Gasteiger partial charge is 0.207 e. The quantitative estimate of drug-likeness (QED) is 0.782. The van der Waals surface area contributed by atoms with E-state index < -0.39 is 15.8 Å². The molecule has 2 aromatic rings. The molecular weight excluding hydrogens is 425 g/mol. The van der Waals surface area contributed by atoms with Crippen molar-refractivity contribution >= 4 is 41.9 Å². The van der Waals surface area contributed by atoms with Crippen LogP contribution in [0.2, 0.25) is 0 Å². The average Bonchev–Trinajstić information content (AvgIpc) is 2.43. The summed E-state index contributed by atoms with van der Waals surface area (Å²) in [6.07, 6.45) is 0. The van der Waals surface area contributed by atoms with E-state index in [0.717, 1.165) is 10.0 Å². The Morgan fingerprint density at radius 2 is 1.76 bits per heavy atom. The Bertz CT molecular complexity index is 779. The molecule has 0 aliphatic carbocycles. The van der Waals surface area contributed by atoms with Crippen LogP contribution in [-0.2, 0) is 16.6 Å². The molecule has 21 heavy (non-hydrogen) atoms. The van der Waals surface area contributed by atoms with E-state index in [9.17, 15) is 12.8 Å². The van der Waals surface area contributed by atoms with Crippen LogP contribution in [0.1, 0.15) is 11.1 Å². The first-order valence-corrected chi connectivity index (χ1v) is 9.06. The van der Waals surface area contributed by atoms with Gasteiger partial charge in [-0.2, -0.15) is 0 Å². The lowest BCUT2D eigenvalue weighted by atomic mass is 10.2. The van der Waals surface area contributed by atoms with Crippen molar-refractivity contribution in [3.63, 3.8) is 0 Å². The second-order valence-electron chi connectivity index (χ2n) is 4.47. The Kier molecular flexibility index (Phi) is 5.19. The Labute approximate surface area is 139 Å². The van der Waals surface area contributed by atoms with Gasteiger partial charge in [0.15, 0.2) is 0 Å². The number of hydrogen-bond acceptors (Lipinski definition) is 2. The molecule has 0 heterocycles. The van der Waals surface area contributed by atoms with Crippen molar-refractivity contribution in [2.24, 2.45) is 0 Å². The highest BCUT2D eigenvalue weighted by atomic mass is 79.9. The summed E-state index contributed by atoms with van der Waals surface area (Å²) < 4.78 is 41.6. The van der Waals surface area contributed by atoms with Gasteiger partial charge in [0.1, 0.15) is 5.82 Å². The van der Waals surface area contributed by atoms with Crippen molar-refractivity contribution in [1.29, 1.82) is 0 Å². The van der Waals surface area contributed by atoms with Gasteiger partial charge < -0.3 is 0 Å². The first-order valence-electron chi connectivity index (χ1n) is 5.99. The Hall–Kier alpha value is -0.760. The van der Waals surface area contributed by atoms with E-state index in [0.29, 0.717) is 10.0 Å². The fraction of sp³-hybridized carbons (Fsp3) is 0.143. The largest absolute Gasteiger partial charge is 0.240 e. The van der Waals surface area contributed by atoms with E-state index in [1.807, 2.05) is 6.92 Å². The number of hydrogen-bond donors (Lipinski definition) is 1. The molecule has 0 radical (unpaired) electrons. The van der Waals surface area contributed by atoms with Gasteiger partial charge in [0.25, 0.3) is 0 Å². The molecule has 0 spiro atoms.